The normalized spacial score (nSPS) is 12.0. The van der Waals surface area contributed by atoms with Gasteiger partial charge in [-0.2, -0.15) is 0 Å². The van der Waals surface area contributed by atoms with Gasteiger partial charge in [-0.3, -0.25) is 5.41 Å². The van der Waals surface area contributed by atoms with E-state index in [4.69, 9.17) is 51.4 Å². The maximum Gasteiger partial charge on any atom is 0.265 e. The van der Waals surface area contributed by atoms with Crippen LogP contribution in [0.15, 0.2) is 0 Å². The molecule has 12 heavy (non-hydrogen) atoms. The van der Waals surface area contributed by atoms with Gasteiger partial charge in [0.1, 0.15) is 0 Å². The van der Waals surface area contributed by atoms with Gasteiger partial charge in [0, 0.05) is 0 Å². The third-order valence-corrected chi connectivity index (χ3v) is 1.48. The lowest BCUT2D eigenvalue weighted by atomic mass is 10.1. The van der Waals surface area contributed by atoms with Crippen LogP contribution in [-0.2, 0) is 4.74 Å². The Labute approximate surface area is 86.6 Å². The van der Waals surface area contributed by atoms with E-state index in [0.29, 0.717) is 0 Å². The van der Waals surface area contributed by atoms with Crippen LogP contribution < -0.4 is 0 Å². The Morgan fingerprint density at radius 1 is 1.42 bits per heavy atom. The fraction of sp³-hybridized carbons (Fsp3) is 0.571. The Morgan fingerprint density at radius 3 is 2.08 bits per heavy atom. The van der Waals surface area contributed by atoms with Gasteiger partial charge in [-0.15, -0.1) is 6.42 Å². The fourth-order valence-corrected chi connectivity index (χ4v) is 0.458. The predicted octanol–water partition coefficient (Wildman–Crippen LogP) is 2.76. The highest BCUT2D eigenvalue weighted by molar-refractivity contribution is 6.76. The molecule has 0 bridgehead atoms. The van der Waals surface area contributed by atoms with Crippen molar-refractivity contribution in [2.24, 2.45) is 0 Å². The van der Waals surface area contributed by atoms with Crippen molar-refractivity contribution < 1.29 is 4.74 Å². The van der Waals surface area contributed by atoms with Gasteiger partial charge in [0.2, 0.25) is 5.90 Å². The monoisotopic (exact) mass is 227 g/mol. The zero-order chi connectivity index (χ0) is 9.99. The molecule has 0 amide bonds. The number of terminal acetylenes is 1. The Hall–Kier alpha value is -0.100. The Morgan fingerprint density at radius 2 is 1.83 bits per heavy atom. The largest absolute Gasteiger partial charge is 0.459 e. The molecule has 0 aliphatic carbocycles. The Bertz CT molecular complexity index is 224. The maximum atomic E-state index is 7.19. The smallest absolute Gasteiger partial charge is 0.265 e. The number of ether oxygens (including phenoxy) is 1. The highest BCUT2D eigenvalue weighted by Crippen LogP contribution is 2.29. The quantitative estimate of drug-likeness (QED) is 0.318. The molecule has 0 unspecified atom stereocenters. The second-order valence-corrected chi connectivity index (χ2v) is 4.86. The van der Waals surface area contributed by atoms with Crippen molar-refractivity contribution in [2.45, 2.75) is 23.2 Å². The molecule has 0 aliphatic heterocycles. The molecule has 68 valence electrons. The number of hydrogen-bond acceptors (Lipinski definition) is 2. The topological polar surface area (TPSA) is 33.1 Å². The van der Waals surface area contributed by atoms with Crippen LogP contribution >= 0.6 is 34.8 Å². The second kappa shape index (κ2) is 3.74. The predicted molar refractivity (Wildman–Crippen MR) is 52.0 cm³/mol. The van der Waals surface area contributed by atoms with Crippen molar-refractivity contribution in [3.8, 4) is 12.3 Å². The van der Waals surface area contributed by atoms with Gasteiger partial charge in [0.15, 0.2) is 5.60 Å². The first-order valence-electron chi connectivity index (χ1n) is 3.01. The lowest BCUT2D eigenvalue weighted by Gasteiger charge is -2.23. The summed E-state index contributed by atoms with van der Waals surface area (Å²) < 4.78 is 3.05. The summed E-state index contributed by atoms with van der Waals surface area (Å²) in [5.41, 5.74) is -0.930. The molecule has 0 aromatic carbocycles. The van der Waals surface area contributed by atoms with Crippen LogP contribution in [0, 0.1) is 17.8 Å². The molecule has 0 saturated carbocycles. The van der Waals surface area contributed by atoms with E-state index in [1.165, 1.54) is 0 Å². The minimum Gasteiger partial charge on any atom is -0.459 e. The first-order valence-corrected chi connectivity index (χ1v) is 4.15. The van der Waals surface area contributed by atoms with E-state index >= 15 is 0 Å². The van der Waals surface area contributed by atoms with Crippen LogP contribution in [0.2, 0.25) is 0 Å². The summed E-state index contributed by atoms with van der Waals surface area (Å²) in [6.45, 7) is 3.19. The first kappa shape index (κ1) is 11.9. The van der Waals surface area contributed by atoms with Gasteiger partial charge in [0.25, 0.3) is 3.79 Å². The molecule has 1 N–H and O–H groups in total. The molecule has 0 aromatic heterocycles. The van der Waals surface area contributed by atoms with E-state index in [9.17, 15) is 0 Å². The highest BCUT2D eigenvalue weighted by Gasteiger charge is 2.32. The first-order chi connectivity index (χ1) is 5.19. The summed E-state index contributed by atoms with van der Waals surface area (Å²) in [6.07, 6.45) is 5.10. The summed E-state index contributed by atoms with van der Waals surface area (Å²) in [5, 5.41) is 7.19. The average Bonchev–Trinajstić information content (AvgIpc) is 1.85. The third-order valence-electron chi connectivity index (χ3n) is 0.962. The van der Waals surface area contributed by atoms with Crippen molar-refractivity contribution in [3.05, 3.63) is 0 Å². The Balaban J connectivity index is 4.33. The standard InChI is InChI=1S/C7H8Cl3NO/c1-4-6(2,3)12-5(11)7(8,9)10/h1,11H,2-3H3. The van der Waals surface area contributed by atoms with Gasteiger partial charge < -0.3 is 4.74 Å². The molecule has 2 nitrogen and oxygen atoms in total. The van der Waals surface area contributed by atoms with Gasteiger partial charge in [-0.05, 0) is 13.8 Å². The van der Waals surface area contributed by atoms with Crippen molar-refractivity contribution >= 4 is 40.7 Å². The van der Waals surface area contributed by atoms with E-state index in [-0.39, 0.29) is 0 Å². The molecule has 0 fully saturated rings. The average molecular weight is 229 g/mol. The molecular formula is C7H8Cl3NO. The van der Waals surface area contributed by atoms with Gasteiger partial charge in [-0.25, -0.2) is 0 Å². The lowest BCUT2D eigenvalue weighted by molar-refractivity contribution is 0.153. The summed E-state index contributed by atoms with van der Waals surface area (Å²) in [4.78, 5) is 0. The Kier molecular flexibility index (Phi) is 3.71. The molecule has 0 rings (SSSR count). The molecule has 5 heteroatoms. The molecule has 0 saturated heterocycles. The molecule has 0 aromatic rings. The summed E-state index contributed by atoms with van der Waals surface area (Å²) >= 11 is 16.1. The van der Waals surface area contributed by atoms with Crippen molar-refractivity contribution in [1.82, 2.24) is 0 Å². The zero-order valence-electron chi connectivity index (χ0n) is 6.62. The van der Waals surface area contributed by atoms with Crippen LogP contribution in [0.1, 0.15) is 13.8 Å². The molecule has 0 atom stereocenters. The molecule has 0 spiro atoms. The van der Waals surface area contributed by atoms with Gasteiger partial charge >= 0.3 is 0 Å². The molecule has 0 radical (unpaired) electrons. The summed E-state index contributed by atoms with van der Waals surface area (Å²) in [6, 6.07) is 0. The van der Waals surface area contributed by atoms with E-state index in [0.717, 1.165) is 0 Å². The van der Waals surface area contributed by atoms with Crippen molar-refractivity contribution in [3.63, 3.8) is 0 Å². The lowest BCUT2D eigenvalue weighted by Crippen LogP contribution is -2.32. The van der Waals surface area contributed by atoms with Gasteiger partial charge in [0.05, 0.1) is 0 Å². The van der Waals surface area contributed by atoms with Crippen LogP contribution in [0.3, 0.4) is 0 Å². The minimum atomic E-state index is -1.85. The number of nitrogens with one attached hydrogen (secondary N) is 1. The second-order valence-electron chi connectivity index (χ2n) is 2.58. The SMILES string of the molecule is C#CC(C)(C)OC(=N)C(Cl)(Cl)Cl. The van der Waals surface area contributed by atoms with Crippen LogP contribution in [0.25, 0.3) is 0 Å². The van der Waals surface area contributed by atoms with Crippen LogP contribution in [0.5, 0.6) is 0 Å². The molecule has 0 aliphatic rings. The van der Waals surface area contributed by atoms with E-state index in [1.807, 2.05) is 0 Å². The van der Waals surface area contributed by atoms with Crippen LogP contribution in [0.4, 0.5) is 0 Å². The minimum absolute atomic E-state index is 0.476. The van der Waals surface area contributed by atoms with E-state index < -0.39 is 15.3 Å². The zero-order valence-corrected chi connectivity index (χ0v) is 8.89. The molecular weight excluding hydrogens is 220 g/mol. The number of halogens is 3. The van der Waals surface area contributed by atoms with Crippen LogP contribution in [-0.4, -0.2) is 15.3 Å². The summed E-state index contributed by atoms with van der Waals surface area (Å²) in [5.74, 6) is 1.83. The molecule has 0 heterocycles. The van der Waals surface area contributed by atoms with Gasteiger partial charge in [-0.1, -0.05) is 40.7 Å². The number of alkyl halides is 3. The fourth-order valence-electron chi connectivity index (χ4n) is 0.342. The van der Waals surface area contributed by atoms with Crippen molar-refractivity contribution in [1.29, 1.82) is 5.41 Å². The third kappa shape index (κ3) is 4.06. The van der Waals surface area contributed by atoms with Crippen molar-refractivity contribution in [2.75, 3.05) is 0 Å². The van der Waals surface area contributed by atoms with E-state index in [1.54, 1.807) is 13.8 Å². The summed E-state index contributed by atoms with van der Waals surface area (Å²) in [7, 11) is 0. The van der Waals surface area contributed by atoms with E-state index in [2.05, 4.69) is 5.92 Å². The maximum absolute atomic E-state index is 7.19. The number of rotatable bonds is 1. The number of hydrogen-bond donors (Lipinski definition) is 1. The highest BCUT2D eigenvalue weighted by atomic mass is 35.6.